The number of rotatable bonds is 2. The Morgan fingerprint density at radius 1 is 1.30 bits per heavy atom. The maximum absolute atomic E-state index is 6.21. The number of hydrogen-bond acceptors (Lipinski definition) is 3. The molecule has 2 heterocycles. The second kappa shape index (κ2) is 4.83. The number of aromatic nitrogens is 2. The van der Waals surface area contributed by atoms with E-state index in [-0.39, 0.29) is 0 Å². The van der Waals surface area contributed by atoms with Gasteiger partial charge in [-0.15, -0.1) is 0 Å². The van der Waals surface area contributed by atoms with E-state index in [1.807, 2.05) is 47.9 Å². The van der Waals surface area contributed by atoms with E-state index in [0.717, 1.165) is 32.7 Å². The zero-order chi connectivity index (χ0) is 14.3. The van der Waals surface area contributed by atoms with E-state index in [9.17, 15) is 0 Å². The number of fused-ring (bicyclic) bond motifs is 1. The van der Waals surface area contributed by atoms with Crippen LogP contribution in [0.2, 0.25) is 0 Å². The molecule has 0 aliphatic heterocycles. The van der Waals surface area contributed by atoms with E-state index in [2.05, 4.69) is 20.9 Å². The van der Waals surface area contributed by atoms with Crippen LogP contribution in [0.25, 0.3) is 16.9 Å². The normalized spacial score (nSPS) is 10.9. The Hall–Kier alpha value is -2.01. The summed E-state index contributed by atoms with van der Waals surface area (Å²) in [5, 5.41) is 0. The monoisotopic (exact) mass is 331 g/mol. The highest BCUT2D eigenvalue weighted by molar-refractivity contribution is 9.10. The molecule has 2 N–H and O–H groups in total. The molecule has 2 aromatic heterocycles. The van der Waals surface area contributed by atoms with Gasteiger partial charge in [0, 0.05) is 11.8 Å². The Morgan fingerprint density at radius 2 is 2.10 bits per heavy atom. The number of benzene rings is 1. The number of aryl methyl sites for hydroxylation is 1. The fraction of sp³-hybridized carbons (Fsp3) is 0.133. The third-order valence-corrected chi connectivity index (χ3v) is 3.93. The van der Waals surface area contributed by atoms with Crippen molar-refractivity contribution in [3.63, 3.8) is 0 Å². The lowest BCUT2D eigenvalue weighted by molar-refractivity contribution is 0.412. The molecule has 0 radical (unpaired) electrons. The third-order valence-electron chi connectivity index (χ3n) is 3.31. The zero-order valence-corrected chi connectivity index (χ0v) is 12.8. The molecular formula is C15H14BrN3O. The van der Waals surface area contributed by atoms with E-state index in [1.54, 1.807) is 7.11 Å². The van der Waals surface area contributed by atoms with Crippen molar-refractivity contribution >= 4 is 27.4 Å². The minimum absolute atomic E-state index is 0.640. The summed E-state index contributed by atoms with van der Waals surface area (Å²) in [5.74, 6) is 1.42. The fourth-order valence-corrected chi connectivity index (χ4v) is 2.79. The van der Waals surface area contributed by atoms with Crippen LogP contribution in [0, 0.1) is 6.92 Å². The van der Waals surface area contributed by atoms with E-state index in [4.69, 9.17) is 10.5 Å². The minimum atomic E-state index is 0.640. The van der Waals surface area contributed by atoms with Crippen molar-refractivity contribution in [3.05, 3.63) is 46.6 Å². The van der Waals surface area contributed by atoms with Gasteiger partial charge in [0.25, 0.3) is 0 Å². The largest absolute Gasteiger partial charge is 0.496 e. The van der Waals surface area contributed by atoms with Crippen molar-refractivity contribution in [1.82, 2.24) is 9.38 Å². The average molecular weight is 332 g/mol. The van der Waals surface area contributed by atoms with Crippen molar-refractivity contribution < 1.29 is 4.74 Å². The molecule has 1 aromatic carbocycles. The van der Waals surface area contributed by atoms with Crippen molar-refractivity contribution in [3.8, 4) is 17.0 Å². The number of nitrogens with zero attached hydrogens (tertiary/aromatic N) is 2. The highest BCUT2D eigenvalue weighted by Crippen LogP contribution is 2.33. The van der Waals surface area contributed by atoms with Crippen molar-refractivity contribution in [1.29, 1.82) is 0 Å². The van der Waals surface area contributed by atoms with Crippen molar-refractivity contribution in [2.24, 2.45) is 0 Å². The average Bonchev–Trinajstić information content (AvgIpc) is 2.78. The topological polar surface area (TPSA) is 52.5 Å². The molecule has 0 atom stereocenters. The van der Waals surface area contributed by atoms with Gasteiger partial charge >= 0.3 is 0 Å². The van der Waals surface area contributed by atoms with Gasteiger partial charge in [-0.25, -0.2) is 4.98 Å². The second-order valence-corrected chi connectivity index (χ2v) is 5.43. The van der Waals surface area contributed by atoms with Crippen LogP contribution in [0.15, 0.2) is 41.0 Å². The summed E-state index contributed by atoms with van der Waals surface area (Å²) in [6.45, 7) is 2.02. The highest BCUT2D eigenvalue weighted by atomic mass is 79.9. The van der Waals surface area contributed by atoms with Gasteiger partial charge in [-0.2, -0.15) is 0 Å². The Labute approximate surface area is 125 Å². The smallest absolute Gasteiger partial charge is 0.142 e. The summed E-state index contributed by atoms with van der Waals surface area (Å²) in [6.07, 6.45) is 1.92. The van der Waals surface area contributed by atoms with E-state index >= 15 is 0 Å². The van der Waals surface area contributed by atoms with Gasteiger partial charge in [-0.3, -0.25) is 4.40 Å². The molecule has 0 amide bonds. The number of pyridine rings is 1. The van der Waals surface area contributed by atoms with Crippen LogP contribution in [-0.2, 0) is 0 Å². The second-order valence-electron chi connectivity index (χ2n) is 4.58. The minimum Gasteiger partial charge on any atom is -0.496 e. The molecule has 0 bridgehead atoms. The van der Waals surface area contributed by atoms with Crippen LogP contribution in [0.1, 0.15) is 5.56 Å². The number of nitrogens with two attached hydrogens (primary N) is 1. The Kier molecular flexibility index (Phi) is 3.14. The molecule has 0 spiro atoms. The van der Waals surface area contributed by atoms with E-state index in [1.165, 1.54) is 0 Å². The van der Waals surface area contributed by atoms with E-state index in [0.29, 0.717) is 5.82 Å². The first-order valence-electron chi connectivity index (χ1n) is 6.19. The maximum Gasteiger partial charge on any atom is 0.142 e. The Balaban J connectivity index is 2.22. The molecule has 3 rings (SSSR count). The first-order valence-corrected chi connectivity index (χ1v) is 6.98. The predicted octanol–water partition coefficient (Wildman–Crippen LogP) is 3.66. The fourth-order valence-electron chi connectivity index (χ4n) is 2.25. The van der Waals surface area contributed by atoms with E-state index < -0.39 is 0 Å². The van der Waals surface area contributed by atoms with Gasteiger partial charge in [0.2, 0.25) is 0 Å². The van der Waals surface area contributed by atoms with Gasteiger partial charge in [-0.05, 0) is 52.7 Å². The van der Waals surface area contributed by atoms with Gasteiger partial charge < -0.3 is 10.5 Å². The molecule has 0 aliphatic carbocycles. The molecule has 0 aliphatic rings. The highest BCUT2D eigenvalue weighted by Gasteiger charge is 2.13. The van der Waals surface area contributed by atoms with Crippen molar-refractivity contribution in [2.45, 2.75) is 6.92 Å². The predicted molar refractivity (Wildman–Crippen MR) is 84.0 cm³/mol. The molecule has 3 aromatic rings. The number of hydrogen-bond donors (Lipinski definition) is 1. The molecule has 5 heteroatoms. The molecule has 0 fully saturated rings. The lowest BCUT2D eigenvalue weighted by Gasteiger charge is -2.05. The summed E-state index contributed by atoms with van der Waals surface area (Å²) in [4.78, 5) is 4.65. The molecule has 0 saturated carbocycles. The van der Waals surface area contributed by atoms with Crippen LogP contribution in [0.4, 0.5) is 5.82 Å². The maximum atomic E-state index is 6.21. The lowest BCUT2D eigenvalue weighted by Crippen LogP contribution is -1.94. The number of ether oxygens (including phenoxy) is 1. The summed E-state index contributed by atoms with van der Waals surface area (Å²) >= 11 is 3.49. The van der Waals surface area contributed by atoms with Crippen molar-refractivity contribution in [2.75, 3.05) is 12.8 Å². The summed E-state index contributed by atoms with van der Waals surface area (Å²) in [5.41, 5.74) is 9.93. The molecule has 0 saturated heterocycles. The summed E-state index contributed by atoms with van der Waals surface area (Å²) in [7, 11) is 1.64. The molecule has 102 valence electrons. The Bertz CT molecular complexity index is 795. The SMILES string of the molecule is COc1ccc(-c2nc3c(C)cccn3c2N)cc1Br. The van der Waals surface area contributed by atoms with Gasteiger partial charge in [-0.1, -0.05) is 6.07 Å². The molecule has 0 unspecified atom stereocenters. The lowest BCUT2D eigenvalue weighted by atomic mass is 10.1. The third kappa shape index (κ3) is 1.94. The zero-order valence-electron chi connectivity index (χ0n) is 11.2. The first kappa shape index (κ1) is 13.0. The van der Waals surface area contributed by atoms with Gasteiger partial charge in [0.05, 0.1) is 11.6 Å². The van der Waals surface area contributed by atoms with Gasteiger partial charge in [0.15, 0.2) is 0 Å². The summed E-state index contributed by atoms with van der Waals surface area (Å²) < 4.78 is 8.03. The quantitative estimate of drug-likeness (QED) is 0.779. The standard InChI is InChI=1S/C15H14BrN3O/c1-9-4-3-7-19-14(17)13(18-15(9)19)10-5-6-12(20-2)11(16)8-10/h3-8H,17H2,1-2H3. The number of nitrogen functional groups attached to an aromatic ring is 1. The summed E-state index contributed by atoms with van der Waals surface area (Å²) in [6, 6.07) is 9.81. The van der Waals surface area contributed by atoms with Crippen LogP contribution in [0.5, 0.6) is 5.75 Å². The van der Waals surface area contributed by atoms with Crippen LogP contribution in [0.3, 0.4) is 0 Å². The number of halogens is 1. The van der Waals surface area contributed by atoms with Crippen LogP contribution in [-0.4, -0.2) is 16.5 Å². The first-order chi connectivity index (χ1) is 9.61. The Morgan fingerprint density at radius 3 is 2.75 bits per heavy atom. The van der Waals surface area contributed by atoms with Gasteiger partial charge in [0.1, 0.15) is 22.9 Å². The van der Waals surface area contributed by atoms with Crippen LogP contribution >= 0.6 is 15.9 Å². The number of imidazole rings is 1. The number of methoxy groups -OCH3 is 1. The molecular weight excluding hydrogens is 318 g/mol. The molecule has 4 nitrogen and oxygen atoms in total. The van der Waals surface area contributed by atoms with Crippen LogP contribution < -0.4 is 10.5 Å². The molecule has 20 heavy (non-hydrogen) atoms. The number of anilines is 1.